The Labute approximate surface area is 119 Å². The van der Waals surface area contributed by atoms with E-state index in [-0.39, 0.29) is 11.8 Å². The lowest BCUT2D eigenvalue weighted by atomic mass is 9.97. The molecule has 1 amide bonds. The van der Waals surface area contributed by atoms with E-state index in [2.05, 4.69) is 10.3 Å². The molecule has 0 saturated heterocycles. The van der Waals surface area contributed by atoms with Crippen LogP contribution in [0.25, 0.3) is 0 Å². The Kier molecular flexibility index (Phi) is 4.71. The molecule has 0 radical (unpaired) electrons. The van der Waals surface area contributed by atoms with Crippen molar-refractivity contribution in [3.05, 3.63) is 59.9 Å². The van der Waals surface area contributed by atoms with Crippen molar-refractivity contribution >= 4 is 11.6 Å². The van der Waals surface area contributed by atoms with Crippen LogP contribution in [0.3, 0.4) is 0 Å². The molecule has 20 heavy (non-hydrogen) atoms. The summed E-state index contributed by atoms with van der Waals surface area (Å²) in [4.78, 5) is 15.9. The van der Waals surface area contributed by atoms with Crippen LogP contribution >= 0.6 is 0 Å². The molecule has 0 bridgehead atoms. The number of nitrogens with two attached hydrogens (primary N) is 1. The zero-order valence-electron chi connectivity index (χ0n) is 11.5. The maximum absolute atomic E-state index is 11.9. The number of nitrogen functional groups attached to an aromatic ring is 1. The molecule has 0 fully saturated rings. The number of hydrogen-bond acceptors (Lipinski definition) is 3. The van der Waals surface area contributed by atoms with Gasteiger partial charge in [0.15, 0.2) is 0 Å². The molecule has 1 aromatic heterocycles. The van der Waals surface area contributed by atoms with Crippen LogP contribution in [0.2, 0.25) is 0 Å². The van der Waals surface area contributed by atoms with Gasteiger partial charge in [0.1, 0.15) is 0 Å². The van der Waals surface area contributed by atoms with Crippen LogP contribution in [0.4, 0.5) is 5.69 Å². The van der Waals surface area contributed by atoms with Crippen LogP contribution in [0, 0.1) is 0 Å². The number of benzene rings is 1. The highest BCUT2D eigenvalue weighted by molar-refractivity contribution is 5.76. The van der Waals surface area contributed by atoms with Gasteiger partial charge in [0.05, 0.1) is 0 Å². The number of nitrogens with one attached hydrogen (secondary N) is 1. The number of rotatable bonds is 5. The summed E-state index contributed by atoms with van der Waals surface area (Å²) < 4.78 is 0. The van der Waals surface area contributed by atoms with E-state index in [0.717, 1.165) is 16.8 Å². The average molecular weight is 269 g/mol. The van der Waals surface area contributed by atoms with Gasteiger partial charge in [-0.15, -0.1) is 0 Å². The maximum Gasteiger partial charge on any atom is 0.220 e. The molecule has 1 unspecified atom stereocenters. The van der Waals surface area contributed by atoms with Crippen LogP contribution < -0.4 is 11.1 Å². The zero-order chi connectivity index (χ0) is 14.4. The van der Waals surface area contributed by atoms with Gasteiger partial charge < -0.3 is 11.1 Å². The average Bonchev–Trinajstić information content (AvgIpc) is 2.47. The quantitative estimate of drug-likeness (QED) is 0.819. The van der Waals surface area contributed by atoms with E-state index < -0.39 is 0 Å². The Hall–Kier alpha value is -2.36. The topological polar surface area (TPSA) is 68.0 Å². The van der Waals surface area contributed by atoms with Crippen molar-refractivity contribution in [2.24, 2.45) is 0 Å². The second-order valence-electron chi connectivity index (χ2n) is 4.91. The van der Waals surface area contributed by atoms with Gasteiger partial charge in [-0.3, -0.25) is 9.78 Å². The number of hydrogen-bond donors (Lipinski definition) is 2. The lowest BCUT2D eigenvalue weighted by molar-refractivity contribution is -0.121. The first kappa shape index (κ1) is 14.1. The Morgan fingerprint density at radius 1 is 1.30 bits per heavy atom. The lowest BCUT2D eigenvalue weighted by Gasteiger charge is -2.12. The fraction of sp³-hybridized carbons (Fsp3) is 0.250. The molecule has 1 atom stereocenters. The van der Waals surface area contributed by atoms with Crippen molar-refractivity contribution in [2.45, 2.75) is 25.8 Å². The minimum Gasteiger partial charge on any atom is -0.399 e. The summed E-state index contributed by atoms with van der Waals surface area (Å²) in [7, 11) is 0. The molecule has 0 aliphatic rings. The van der Waals surface area contributed by atoms with Crippen molar-refractivity contribution in [2.75, 3.05) is 5.73 Å². The fourth-order valence-corrected chi connectivity index (χ4v) is 2.00. The molecule has 0 aliphatic carbocycles. The number of pyridine rings is 1. The second kappa shape index (κ2) is 6.70. The molecule has 104 valence electrons. The predicted molar refractivity (Wildman–Crippen MR) is 80.0 cm³/mol. The van der Waals surface area contributed by atoms with Gasteiger partial charge in [-0.05, 0) is 35.2 Å². The third kappa shape index (κ3) is 4.09. The molecule has 1 heterocycles. The van der Waals surface area contributed by atoms with Crippen LogP contribution in [0.1, 0.15) is 30.4 Å². The molecule has 0 aliphatic heterocycles. The Morgan fingerprint density at radius 3 is 2.70 bits per heavy atom. The third-order valence-electron chi connectivity index (χ3n) is 3.21. The number of nitrogens with zero attached hydrogens (tertiary/aromatic N) is 1. The SMILES string of the molecule is CC(CC(=O)NCc1cccnc1)c1ccc(N)cc1. The van der Waals surface area contributed by atoms with Gasteiger partial charge in [-0.1, -0.05) is 25.1 Å². The number of amides is 1. The Balaban J connectivity index is 1.83. The van der Waals surface area contributed by atoms with Crippen molar-refractivity contribution in [3.63, 3.8) is 0 Å². The number of anilines is 1. The van der Waals surface area contributed by atoms with Crippen molar-refractivity contribution in [3.8, 4) is 0 Å². The van der Waals surface area contributed by atoms with E-state index in [1.165, 1.54) is 0 Å². The zero-order valence-corrected chi connectivity index (χ0v) is 11.5. The first-order valence-corrected chi connectivity index (χ1v) is 6.66. The Morgan fingerprint density at radius 2 is 2.05 bits per heavy atom. The highest BCUT2D eigenvalue weighted by Crippen LogP contribution is 2.19. The minimum atomic E-state index is 0.0400. The summed E-state index contributed by atoms with van der Waals surface area (Å²) in [5.41, 5.74) is 8.51. The van der Waals surface area contributed by atoms with Crippen molar-refractivity contribution < 1.29 is 4.79 Å². The van der Waals surface area contributed by atoms with Crippen LogP contribution in [-0.2, 0) is 11.3 Å². The summed E-state index contributed by atoms with van der Waals surface area (Å²) in [6.45, 7) is 2.55. The highest BCUT2D eigenvalue weighted by Gasteiger charge is 2.10. The molecule has 4 heteroatoms. The molecular weight excluding hydrogens is 250 g/mol. The monoisotopic (exact) mass is 269 g/mol. The van der Waals surface area contributed by atoms with E-state index >= 15 is 0 Å². The van der Waals surface area contributed by atoms with E-state index in [1.807, 2.05) is 43.3 Å². The standard InChI is InChI=1S/C16H19N3O/c1-12(14-4-6-15(17)7-5-14)9-16(20)19-11-13-3-2-8-18-10-13/h2-8,10,12H,9,11,17H2,1H3,(H,19,20). The summed E-state index contributed by atoms with van der Waals surface area (Å²) in [6.07, 6.45) is 3.93. The van der Waals surface area contributed by atoms with E-state index in [0.29, 0.717) is 13.0 Å². The largest absolute Gasteiger partial charge is 0.399 e. The van der Waals surface area contributed by atoms with E-state index in [4.69, 9.17) is 5.73 Å². The molecule has 0 saturated carbocycles. The lowest BCUT2D eigenvalue weighted by Crippen LogP contribution is -2.24. The summed E-state index contributed by atoms with van der Waals surface area (Å²) in [6, 6.07) is 11.5. The van der Waals surface area contributed by atoms with E-state index in [9.17, 15) is 4.79 Å². The minimum absolute atomic E-state index is 0.0400. The number of carbonyl (C=O) groups excluding carboxylic acids is 1. The van der Waals surface area contributed by atoms with Crippen molar-refractivity contribution in [1.29, 1.82) is 0 Å². The molecule has 2 aromatic rings. The van der Waals surface area contributed by atoms with Gasteiger partial charge in [-0.25, -0.2) is 0 Å². The van der Waals surface area contributed by atoms with Gasteiger partial charge in [0.25, 0.3) is 0 Å². The third-order valence-corrected chi connectivity index (χ3v) is 3.21. The van der Waals surface area contributed by atoms with E-state index in [1.54, 1.807) is 12.4 Å². The number of aromatic nitrogens is 1. The summed E-state index contributed by atoms with van der Waals surface area (Å²) in [5, 5.41) is 2.91. The first-order valence-electron chi connectivity index (χ1n) is 6.66. The molecule has 2 rings (SSSR count). The first-order chi connectivity index (χ1) is 9.65. The van der Waals surface area contributed by atoms with Gasteiger partial charge >= 0.3 is 0 Å². The van der Waals surface area contributed by atoms with Gasteiger partial charge in [0.2, 0.25) is 5.91 Å². The predicted octanol–water partition coefficient (Wildman–Crippen LogP) is 2.47. The molecule has 3 N–H and O–H groups in total. The number of carbonyl (C=O) groups is 1. The van der Waals surface area contributed by atoms with Crippen molar-refractivity contribution in [1.82, 2.24) is 10.3 Å². The van der Waals surface area contributed by atoms with Crippen LogP contribution in [0.5, 0.6) is 0 Å². The second-order valence-corrected chi connectivity index (χ2v) is 4.91. The van der Waals surface area contributed by atoms with Gasteiger partial charge in [-0.2, -0.15) is 0 Å². The summed E-state index contributed by atoms with van der Waals surface area (Å²) >= 11 is 0. The maximum atomic E-state index is 11.9. The van der Waals surface area contributed by atoms with Crippen LogP contribution in [0.15, 0.2) is 48.8 Å². The molecule has 1 aromatic carbocycles. The molecular formula is C16H19N3O. The summed E-state index contributed by atoms with van der Waals surface area (Å²) in [5.74, 6) is 0.211. The van der Waals surface area contributed by atoms with Crippen LogP contribution in [-0.4, -0.2) is 10.9 Å². The molecule has 4 nitrogen and oxygen atoms in total. The fourth-order valence-electron chi connectivity index (χ4n) is 2.00. The van der Waals surface area contributed by atoms with Gasteiger partial charge in [0, 0.05) is 31.0 Å². The molecule has 0 spiro atoms. The highest BCUT2D eigenvalue weighted by atomic mass is 16.1. The Bertz CT molecular complexity index is 552. The normalized spacial score (nSPS) is 11.8. The smallest absolute Gasteiger partial charge is 0.220 e.